The van der Waals surface area contributed by atoms with Gasteiger partial charge in [-0.25, -0.2) is 9.78 Å². The van der Waals surface area contributed by atoms with E-state index in [2.05, 4.69) is 10.3 Å². The summed E-state index contributed by atoms with van der Waals surface area (Å²) in [7, 11) is 1.56. The molecule has 12 heteroatoms. The van der Waals surface area contributed by atoms with Crippen LogP contribution in [0.3, 0.4) is 0 Å². The average Bonchev–Trinajstić information content (AvgIpc) is 3.34. The lowest BCUT2D eigenvalue weighted by Crippen LogP contribution is -2.51. The molecule has 1 aromatic carbocycles. The zero-order valence-corrected chi connectivity index (χ0v) is 23.1. The summed E-state index contributed by atoms with van der Waals surface area (Å²) >= 11 is 1.23. The number of aromatic nitrogens is 1. The molecule has 3 rings (SSSR count). The fraction of sp³-hybridized carbons (Fsp3) is 0.500. The van der Waals surface area contributed by atoms with Gasteiger partial charge in [-0.2, -0.15) is 0 Å². The van der Waals surface area contributed by atoms with E-state index in [1.165, 1.54) is 16.2 Å². The maximum atomic E-state index is 13.1. The number of carbonyl (C=O) groups excluding carboxylic acids is 4. The highest BCUT2D eigenvalue weighted by atomic mass is 32.1. The number of amides is 4. The molecule has 0 radical (unpaired) electrons. The topological polar surface area (TPSA) is 121 Å². The van der Waals surface area contributed by atoms with Crippen LogP contribution in [0.4, 0.5) is 9.93 Å². The van der Waals surface area contributed by atoms with Crippen molar-refractivity contribution < 1.29 is 28.7 Å². The lowest BCUT2D eigenvalue weighted by Gasteiger charge is -2.34. The summed E-state index contributed by atoms with van der Waals surface area (Å²) in [4.78, 5) is 59.6. The van der Waals surface area contributed by atoms with Crippen LogP contribution in [-0.4, -0.2) is 96.5 Å². The molecule has 0 bridgehead atoms. The van der Waals surface area contributed by atoms with Crippen LogP contribution in [-0.2, 0) is 20.7 Å². The maximum Gasteiger partial charge on any atom is 0.409 e. The van der Waals surface area contributed by atoms with Gasteiger partial charge in [-0.3, -0.25) is 14.4 Å². The molecule has 1 N–H and O–H groups in total. The van der Waals surface area contributed by atoms with E-state index < -0.39 is 0 Å². The van der Waals surface area contributed by atoms with Crippen LogP contribution in [0.25, 0.3) is 0 Å². The summed E-state index contributed by atoms with van der Waals surface area (Å²) in [5.41, 5.74) is 1.02. The van der Waals surface area contributed by atoms with E-state index in [-0.39, 0.29) is 42.7 Å². The fourth-order valence-corrected chi connectivity index (χ4v) is 4.70. The summed E-state index contributed by atoms with van der Waals surface area (Å²) in [6.07, 6.45) is -0.265. The van der Waals surface area contributed by atoms with E-state index in [9.17, 15) is 19.2 Å². The first kappa shape index (κ1) is 28.9. The molecule has 2 aromatic rings. The first-order valence-electron chi connectivity index (χ1n) is 12.6. The Morgan fingerprint density at radius 1 is 1.08 bits per heavy atom. The van der Waals surface area contributed by atoms with Crippen LogP contribution < -0.4 is 10.1 Å². The molecule has 4 amide bonds. The van der Waals surface area contributed by atoms with Crippen molar-refractivity contribution >= 4 is 40.3 Å². The number of hydrogen-bond donors (Lipinski definition) is 1. The van der Waals surface area contributed by atoms with Crippen molar-refractivity contribution in [2.24, 2.45) is 5.92 Å². The smallest absolute Gasteiger partial charge is 0.409 e. The van der Waals surface area contributed by atoms with Gasteiger partial charge in [0.15, 0.2) is 5.13 Å². The Kier molecular flexibility index (Phi) is 10.5. The molecule has 0 saturated carbocycles. The number of nitrogens with one attached hydrogen (secondary N) is 1. The number of hydrogen-bond acceptors (Lipinski definition) is 8. The van der Waals surface area contributed by atoms with E-state index in [1.807, 2.05) is 13.8 Å². The van der Waals surface area contributed by atoms with Gasteiger partial charge >= 0.3 is 6.09 Å². The third kappa shape index (κ3) is 8.17. The Morgan fingerprint density at radius 2 is 1.74 bits per heavy atom. The van der Waals surface area contributed by atoms with E-state index in [0.29, 0.717) is 61.5 Å². The van der Waals surface area contributed by atoms with Gasteiger partial charge in [-0.1, -0.05) is 13.8 Å². The predicted octanol–water partition coefficient (Wildman–Crippen LogP) is 2.73. The largest absolute Gasteiger partial charge is 0.497 e. The molecule has 0 aliphatic carbocycles. The number of thiazole rings is 1. The molecule has 0 spiro atoms. The van der Waals surface area contributed by atoms with Gasteiger partial charge in [0.1, 0.15) is 12.3 Å². The first-order chi connectivity index (χ1) is 18.2. The van der Waals surface area contributed by atoms with Crippen LogP contribution >= 0.6 is 11.3 Å². The Morgan fingerprint density at radius 3 is 2.34 bits per heavy atom. The number of rotatable bonds is 10. The number of carbonyl (C=O) groups is 4. The van der Waals surface area contributed by atoms with Crippen LogP contribution in [0.2, 0.25) is 0 Å². The molecule has 0 atom stereocenters. The average molecular weight is 546 g/mol. The van der Waals surface area contributed by atoms with Crippen molar-refractivity contribution in [3.63, 3.8) is 0 Å². The third-order valence-electron chi connectivity index (χ3n) is 5.83. The molecule has 1 aromatic heterocycles. The van der Waals surface area contributed by atoms with Crippen LogP contribution in [0.1, 0.15) is 36.8 Å². The number of anilines is 1. The maximum absolute atomic E-state index is 13.1. The van der Waals surface area contributed by atoms with Gasteiger partial charge in [-0.05, 0) is 37.1 Å². The number of nitrogens with zero attached hydrogens (tertiary/aromatic N) is 4. The highest BCUT2D eigenvalue weighted by Gasteiger charge is 2.25. The molecule has 1 aliphatic rings. The van der Waals surface area contributed by atoms with Crippen LogP contribution in [0, 0.1) is 5.92 Å². The Bertz CT molecular complexity index is 1110. The Hall–Kier alpha value is -3.67. The van der Waals surface area contributed by atoms with Gasteiger partial charge in [0.2, 0.25) is 11.8 Å². The second kappa shape index (κ2) is 13.8. The lowest BCUT2D eigenvalue weighted by molar-refractivity contribution is -0.132. The summed E-state index contributed by atoms with van der Waals surface area (Å²) in [6, 6.07) is 6.76. The van der Waals surface area contributed by atoms with Gasteiger partial charge < -0.3 is 29.5 Å². The minimum atomic E-state index is -0.366. The van der Waals surface area contributed by atoms with Gasteiger partial charge in [0.05, 0.1) is 25.8 Å². The van der Waals surface area contributed by atoms with E-state index >= 15 is 0 Å². The predicted molar refractivity (Wildman–Crippen MR) is 143 cm³/mol. The number of piperazine rings is 1. The normalized spacial score (nSPS) is 13.3. The minimum Gasteiger partial charge on any atom is -0.497 e. The monoisotopic (exact) mass is 545 g/mol. The molecular weight excluding hydrogens is 510 g/mol. The molecule has 11 nitrogen and oxygen atoms in total. The van der Waals surface area contributed by atoms with Crippen molar-refractivity contribution in [2.75, 3.05) is 58.3 Å². The van der Waals surface area contributed by atoms with Crippen molar-refractivity contribution in [1.82, 2.24) is 19.7 Å². The number of benzene rings is 1. The van der Waals surface area contributed by atoms with Gasteiger partial charge in [0.25, 0.3) is 5.91 Å². The van der Waals surface area contributed by atoms with Gasteiger partial charge in [0, 0.05) is 43.7 Å². The van der Waals surface area contributed by atoms with Crippen molar-refractivity contribution in [3.8, 4) is 5.75 Å². The summed E-state index contributed by atoms with van der Waals surface area (Å²) < 4.78 is 10.2. The zero-order chi connectivity index (χ0) is 27.7. The van der Waals surface area contributed by atoms with E-state index in [0.717, 1.165) is 0 Å². The summed E-state index contributed by atoms with van der Waals surface area (Å²) in [6.45, 7) is 8.02. The second-order valence-corrected chi connectivity index (χ2v) is 10.1. The molecule has 2 heterocycles. The minimum absolute atomic E-state index is 0.0927. The van der Waals surface area contributed by atoms with Crippen LogP contribution in [0.15, 0.2) is 29.6 Å². The van der Waals surface area contributed by atoms with Crippen molar-refractivity contribution in [3.05, 3.63) is 40.9 Å². The molecular formula is C26H35N5O6S. The summed E-state index contributed by atoms with van der Waals surface area (Å²) in [5, 5.41) is 4.85. The number of ether oxygens (including phenoxy) is 2. The van der Waals surface area contributed by atoms with Crippen molar-refractivity contribution in [2.45, 2.75) is 27.2 Å². The Labute approximate surface area is 226 Å². The standard InChI is InChI=1S/C26H35N5O6S/c1-5-37-26(35)30-12-10-29(11-13-30)23(33)14-20-17-38-25(27-20)28-22(32)16-31(15-18(2)3)24(34)19-6-8-21(36-4)9-7-19/h6-9,17-18H,5,10-16H2,1-4H3,(H,27,28,32). The fourth-order valence-electron chi connectivity index (χ4n) is 3.97. The quantitative estimate of drug-likeness (QED) is 0.487. The second-order valence-electron chi connectivity index (χ2n) is 9.24. The third-order valence-corrected chi connectivity index (χ3v) is 6.64. The SMILES string of the molecule is CCOC(=O)N1CCN(C(=O)Cc2csc(NC(=O)CN(CC(C)C)C(=O)c3ccc(OC)cc3)n2)CC1. The van der Waals surface area contributed by atoms with Gasteiger partial charge in [-0.15, -0.1) is 11.3 Å². The zero-order valence-electron chi connectivity index (χ0n) is 22.3. The molecule has 1 aliphatic heterocycles. The Balaban J connectivity index is 1.53. The molecule has 1 saturated heterocycles. The molecule has 0 unspecified atom stereocenters. The lowest BCUT2D eigenvalue weighted by atomic mass is 10.1. The van der Waals surface area contributed by atoms with E-state index in [4.69, 9.17) is 9.47 Å². The summed E-state index contributed by atoms with van der Waals surface area (Å²) in [5.74, 6) is 0.109. The number of methoxy groups -OCH3 is 1. The van der Waals surface area contributed by atoms with E-state index in [1.54, 1.807) is 53.5 Å². The molecule has 206 valence electrons. The van der Waals surface area contributed by atoms with Crippen molar-refractivity contribution in [1.29, 1.82) is 0 Å². The highest BCUT2D eigenvalue weighted by molar-refractivity contribution is 7.13. The molecule has 1 fully saturated rings. The molecule has 38 heavy (non-hydrogen) atoms. The first-order valence-corrected chi connectivity index (χ1v) is 13.4. The highest BCUT2D eigenvalue weighted by Crippen LogP contribution is 2.18. The van der Waals surface area contributed by atoms with Crippen LogP contribution in [0.5, 0.6) is 5.75 Å².